The molecule has 3 aliphatic rings. The van der Waals surface area contributed by atoms with E-state index in [2.05, 4.69) is 21.2 Å². The minimum Gasteiger partial charge on any atom is -0.447 e. The number of nitriles is 1. The minimum absolute atomic E-state index is 0.0863. The molecule has 0 saturated carbocycles. The first kappa shape index (κ1) is 27.9. The summed E-state index contributed by atoms with van der Waals surface area (Å²) in [5.41, 5.74) is 1.74. The second-order valence-corrected chi connectivity index (χ2v) is 8.63. The number of para-hydroxylation sites is 1. The van der Waals surface area contributed by atoms with Crippen LogP contribution in [0.3, 0.4) is 0 Å². The van der Waals surface area contributed by atoms with Gasteiger partial charge in [-0.3, -0.25) is 4.90 Å². The number of cyclic esters (lactones) is 1. The summed E-state index contributed by atoms with van der Waals surface area (Å²) in [7, 11) is 0. The van der Waals surface area contributed by atoms with Gasteiger partial charge in [0, 0.05) is 32.2 Å². The summed E-state index contributed by atoms with van der Waals surface area (Å²) in [6.07, 6.45) is 1.52. The van der Waals surface area contributed by atoms with Crippen molar-refractivity contribution >= 4 is 17.8 Å². The molecule has 37 heavy (non-hydrogen) atoms. The van der Waals surface area contributed by atoms with Gasteiger partial charge >= 0.3 is 12.1 Å². The number of nitrogens with one attached hydrogen (secondary N) is 1. The highest BCUT2D eigenvalue weighted by molar-refractivity contribution is 5.92. The number of benzene rings is 2. The summed E-state index contributed by atoms with van der Waals surface area (Å²) in [5.74, 6) is -1.60. The van der Waals surface area contributed by atoms with Gasteiger partial charge in [-0.25, -0.2) is 23.3 Å². The number of urea groups is 1. The SMILES string of the molecule is CC.Fc1ccccc1F.N#Cc1ccccc1N1CCC(N2CC(NC(=O)N3CCOC3=O)C2)CC1. The first-order valence-corrected chi connectivity index (χ1v) is 12.6. The number of nitrogens with zero attached hydrogens (tertiary/aromatic N) is 4. The summed E-state index contributed by atoms with van der Waals surface area (Å²) in [4.78, 5) is 29.3. The van der Waals surface area contributed by atoms with Gasteiger partial charge in [-0.2, -0.15) is 5.26 Å². The van der Waals surface area contributed by atoms with Crippen LogP contribution in [0.25, 0.3) is 0 Å². The van der Waals surface area contributed by atoms with E-state index in [0.717, 1.165) is 67.3 Å². The maximum Gasteiger partial charge on any atom is 0.418 e. The Morgan fingerprint density at radius 2 is 1.59 bits per heavy atom. The van der Waals surface area contributed by atoms with Gasteiger partial charge in [0.05, 0.1) is 23.8 Å². The molecule has 0 spiro atoms. The van der Waals surface area contributed by atoms with E-state index < -0.39 is 17.7 Å². The second kappa shape index (κ2) is 13.6. The number of amides is 3. The van der Waals surface area contributed by atoms with Crippen molar-refractivity contribution in [3.63, 3.8) is 0 Å². The number of anilines is 1. The highest BCUT2D eigenvalue weighted by Gasteiger charge is 2.37. The number of carbonyl (C=O) groups excluding carboxylic acids is 2. The molecule has 1 N–H and O–H groups in total. The van der Waals surface area contributed by atoms with Gasteiger partial charge in [-0.1, -0.05) is 38.1 Å². The van der Waals surface area contributed by atoms with Crippen LogP contribution in [-0.2, 0) is 4.74 Å². The van der Waals surface area contributed by atoms with Gasteiger partial charge in [0.2, 0.25) is 0 Å². The molecule has 10 heteroatoms. The smallest absolute Gasteiger partial charge is 0.418 e. The number of hydrogen-bond donors (Lipinski definition) is 1. The van der Waals surface area contributed by atoms with E-state index >= 15 is 0 Å². The number of rotatable bonds is 3. The van der Waals surface area contributed by atoms with Crippen LogP contribution in [-0.4, -0.2) is 73.3 Å². The van der Waals surface area contributed by atoms with Gasteiger partial charge in [-0.05, 0) is 37.1 Å². The van der Waals surface area contributed by atoms with E-state index in [1.165, 1.54) is 12.1 Å². The van der Waals surface area contributed by atoms with E-state index in [0.29, 0.717) is 12.6 Å². The number of carbonyl (C=O) groups is 2. The predicted octanol–water partition coefficient (Wildman–Crippen LogP) is 4.36. The second-order valence-electron chi connectivity index (χ2n) is 8.63. The Morgan fingerprint density at radius 1 is 1.00 bits per heavy atom. The third-order valence-electron chi connectivity index (χ3n) is 6.41. The topological polar surface area (TPSA) is 88.9 Å². The van der Waals surface area contributed by atoms with Crippen LogP contribution < -0.4 is 10.2 Å². The van der Waals surface area contributed by atoms with Gasteiger partial charge in [0.1, 0.15) is 12.7 Å². The molecule has 0 aliphatic carbocycles. The molecule has 5 rings (SSSR count). The molecule has 3 amide bonds. The Labute approximate surface area is 216 Å². The molecule has 198 valence electrons. The maximum atomic E-state index is 12.1. The highest BCUT2D eigenvalue weighted by Crippen LogP contribution is 2.27. The Hall–Kier alpha value is -3.71. The number of imide groups is 1. The molecule has 0 atom stereocenters. The van der Waals surface area contributed by atoms with Crippen LogP contribution in [0.5, 0.6) is 0 Å². The summed E-state index contributed by atoms with van der Waals surface area (Å²) in [6.45, 7) is 8.08. The normalized spacial score (nSPS) is 17.9. The van der Waals surface area contributed by atoms with Gasteiger partial charge in [0.25, 0.3) is 0 Å². The van der Waals surface area contributed by atoms with Gasteiger partial charge in [-0.15, -0.1) is 0 Å². The van der Waals surface area contributed by atoms with Crippen LogP contribution in [0.2, 0.25) is 0 Å². The lowest BCUT2D eigenvalue weighted by Gasteiger charge is -2.47. The summed E-state index contributed by atoms with van der Waals surface area (Å²) >= 11 is 0. The van der Waals surface area contributed by atoms with Crippen LogP contribution >= 0.6 is 0 Å². The molecular formula is C27H33F2N5O3. The average molecular weight is 514 g/mol. The summed E-state index contributed by atoms with van der Waals surface area (Å²) < 4.78 is 28.7. The van der Waals surface area contributed by atoms with Crippen LogP contribution in [0.15, 0.2) is 48.5 Å². The molecule has 3 aliphatic heterocycles. The highest BCUT2D eigenvalue weighted by atomic mass is 19.2. The fourth-order valence-corrected chi connectivity index (χ4v) is 4.49. The summed E-state index contributed by atoms with van der Waals surface area (Å²) in [6, 6.07) is 15.3. The molecule has 3 saturated heterocycles. The van der Waals surface area contributed by atoms with Crippen molar-refractivity contribution < 1.29 is 23.1 Å². The lowest BCUT2D eigenvalue weighted by Crippen LogP contribution is -2.64. The fourth-order valence-electron chi connectivity index (χ4n) is 4.49. The largest absolute Gasteiger partial charge is 0.447 e. The van der Waals surface area contributed by atoms with Crippen molar-refractivity contribution in [1.29, 1.82) is 5.26 Å². The zero-order chi connectivity index (χ0) is 26.8. The number of likely N-dealkylation sites (tertiary alicyclic amines) is 1. The lowest BCUT2D eigenvalue weighted by atomic mass is 9.96. The Balaban J connectivity index is 0.000000322. The molecule has 0 radical (unpaired) electrons. The van der Waals surface area contributed by atoms with Gasteiger partial charge < -0.3 is 15.0 Å². The minimum atomic E-state index is -0.799. The molecule has 2 aromatic carbocycles. The standard InChI is InChI=1S/C19H23N5O3.C6H4F2.C2H6/c20-11-14-3-1-2-4-17(14)22-7-5-16(6-8-22)23-12-15(13-23)21-18(25)24-9-10-27-19(24)26;7-5-3-1-2-4-6(5)8;1-2/h1-4,15-16H,5-10,12-13H2,(H,21,25);1-4H;1-2H3. The molecule has 0 bridgehead atoms. The average Bonchev–Trinajstić information content (AvgIpc) is 3.35. The van der Waals surface area contributed by atoms with Crippen LogP contribution in [0, 0.1) is 23.0 Å². The maximum absolute atomic E-state index is 12.1. The van der Waals surface area contributed by atoms with Crippen molar-refractivity contribution in [2.24, 2.45) is 0 Å². The third-order valence-corrected chi connectivity index (χ3v) is 6.41. The molecule has 8 nitrogen and oxygen atoms in total. The molecular weight excluding hydrogens is 480 g/mol. The molecule has 0 unspecified atom stereocenters. The van der Waals surface area contributed by atoms with Crippen molar-refractivity contribution in [3.8, 4) is 6.07 Å². The third kappa shape index (κ3) is 7.17. The van der Waals surface area contributed by atoms with E-state index in [-0.39, 0.29) is 18.7 Å². The number of hydrogen-bond acceptors (Lipinski definition) is 6. The van der Waals surface area contributed by atoms with E-state index in [4.69, 9.17) is 4.74 Å². The Morgan fingerprint density at radius 3 is 2.14 bits per heavy atom. The van der Waals surface area contributed by atoms with Crippen molar-refractivity contribution in [1.82, 2.24) is 15.1 Å². The molecule has 2 aromatic rings. The van der Waals surface area contributed by atoms with Crippen LogP contribution in [0.4, 0.5) is 24.1 Å². The molecule has 3 heterocycles. The number of halogens is 2. The lowest BCUT2D eigenvalue weighted by molar-refractivity contribution is 0.0647. The molecule has 0 aromatic heterocycles. The Kier molecular flexibility index (Phi) is 10.2. The van der Waals surface area contributed by atoms with E-state index in [9.17, 15) is 23.6 Å². The van der Waals surface area contributed by atoms with Crippen molar-refractivity contribution in [2.45, 2.75) is 38.8 Å². The van der Waals surface area contributed by atoms with Crippen LogP contribution in [0.1, 0.15) is 32.3 Å². The van der Waals surface area contributed by atoms with E-state index in [1.54, 1.807) is 0 Å². The number of ether oxygens (including phenoxy) is 1. The zero-order valence-electron chi connectivity index (χ0n) is 21.2. The zero-order valence-corrected chi connectivity index (χ0v) is 21.2. The number of piperidine rings is 1. The Bertz CT molecular complexity index is 1070. The molecule has 3 fully saturated rings. The van der Waals surface area contributed by atoms with Gasteiger partial charge in [0.15, 0.2) is 11.6 Å². The first-order chi connectivity index (χ1) is 18.0. The summed E-state index contributed by atoms with van der Waals surface area (Å²) in [5, 5.41) is 12.2. The monoisotopic (exact) mass is 513 g/mol. The van der Waals surface area contributed by atoms with Crippen molar-refractivity contribution in [3.05, 3.63) is 65.7 Å². The van der Waals surface area contributed by atoms with E-state index in [1.807, 2.05) is 38.1 Å². The fraction of sp³-hybridized carbons (Fsp3) is 0.444. The first-order valence-electron chi connectivity index (χ1n) is 12.6. The quantitative estimate of drug-likeness (QED) is 0.656. The van der Waals surface area contributed by atoms with Crippen molar-refractivity contribution in [2.75, 3.05) is 44.2 Å². The predicted molar refractivity (Wildman–Crippen MR) is 136 cm³/mol.